The largest absolute Gasteiger partial charge is 0.443 e. The Balaban J connectivity index is 2.31. The number of benzene rings is 1. The summed E-state index contributed by atoms with van der Waals surface area (Å²) in [7, 11) is 0. The third-order valence-corrected chi connectivity index (χ3v) is 3.33. The van der Waals surface area contributed by atoms with Gasteiger partial charge in [0.25, 0.3) is 0 Å². The summed E-state index contributed by atoms with van der Waals surface area (Å²) in [6.45, 7) is 5.78. The molecule has 1 aliphatic heterocycles. The van der Waals surface area contributed by atoms with E-state index in [0.717, 1.165) is 4.47 Å². The zero-order valence-electron chi connectivity index (χ0n) is 11.2. The lowest BCUT2D eigenvalue weighted by Crippen LogP contribution is -2.40. The van der Waals surface area contributed by atoms with Crippen LogP contribution in [0.3, 0.4) is 0 Å². The highest BCUT2D eigenvalue weighted by Crippen LogP contribution is 2.38. The number of anilines is 1. The summed E-state index contributed by atoms with van der Waals surface area (Å²) < 4.78 is 20.1. The van der Waals surface area contributed by atoms with Crippen molar-refractivity contribution in [2.75, 3.05) is 11.4 Å². The lowest BCUT2D eigenvalue weighted by molar-refractivity contribution is 0.0573. The summed E-state index contributed by atoms with van der Waals surface area (Å²) in [5.41, 5.74) is 0.571. The van der Waals surface area contributed by atoms with Gasteiger partial charge in [0, 0.05) is 23.0 Å². The maximum atomic E-state index is 13.9. The Labute approximate surface area is 120 Å². The molecule has 0 saturated heterocycles. The molecule has 0 spiro atoms. The summed E-state index contributed by atoms with van der Waals surface area (Å²) in [4.78, 5) is 13.6. The van der Waals surface area contributed by atoms with E-state index in [0.29, 0.717) is 24.2 Å². The first-order valence-corrected chi connectivity index (χ1v) is 7.01. The fourth-order valence-electron chi connectivity index (χ4n) is 2.05. The molecule has 1 unspecified atom stereocenters. The van der Waals surface area contributed by atoms with Gasteiger partial charge in [0.15, 0.2) is 0 Å². The molecule has 0 aliphatic carbocycles. The molecule has 0 aromatic heterocycles. The zero-order chi connectivity index (χ0) is 14.2. The first-order valence-electron chi connectivity index (χ1n) is 6.22. The minimum Gasteiger partial charge on any atom is -0.443 e. The predicted octanol–water partition coefficient (Wildman–Crippen LogP) is 4.60. The van der Waals surface area contributed by atoms with Crippen molar-refractivity contribution in [2.24, 2.45) is 0 Å². The van der Waals surface area contributed by atoms with E-state index < -0.39 is 17.9 Å². The van der Waals surface area contributed by atoms with Crippen molar-refractivity contribution in [2.45, 2.75) is 39.0 Å². The Hall–Kier alpha value is -1.10. The number of amides is 1. The monoisotopic (exact) mass is 329 g/mol. The van der Waals surface area contributed by atoms with Crippen LogP contribution in [0.15, 0.2) is 22.7 Å². The van der Waals surface area contributed by atoms with Crippen molar-refractivity contribution in [3.8, 4) is 0 Å². The number of fused-ring (bicyclic) bond motifs is 1. The molecule has 1 aromatic rings. The summed E-state index contributed by atoms with van der Waals surface area (Å²) in [5.74, 6) is 0. The number of ether oxygens (including phenoxy) is 1. The number of carbonyl (C=O) groups excluding carboxylic acids is 1. The van der Waals surface area contributed by atoms with Gasteiger partial charge in [-0.05, 0) is 39.0 Å². The van der Waals surface area contributed by atoms with Crippen LogP contribution in [-0.2, 0) is 4.74 Å². The molecule has 2 rings (SSSR count). The predicted molar refractivity (Wildman–Crippen MR) is 76.2 cm³/mol. The molecule has 0 bridgehead atoms. The SMILES string of the molecule is CC(C)(C)OC(=O)N1CCC(F)c2cc(Br)ccc21. The highest BCUT2D eigenvalue weighted by atomic mass is 79.9. The van der Waals surface area contributed by atoms with E-state index in [1.165, 1.54) is 4.90 Å². The van der Waals surface area contributed by atoms with Crippen molar-refractivity contribution in [1.82, 2.24) is 0 Å². The first-order chi connectivity index (χ1) is 8.78. The van der Waals surface area contributed by atoms with Gasteiger partial charge in [-0.1, -0.05) is 15.9 Å². The number of alkyl halides is 1. The second-order valence-corrected chi connectivity index (χ2v) is 6.51. The number of hydrogen-bond donors (Lipinski definition) is 0. The van der Waals surface area contributed by atoms with E-state index in [9.17, 15) is 9.18 Å². The number of rotatable bonds is 0. The molecule has 1 heterocycles. The summed E-state index contributed by atoms with van der Waals surface area (Å²) in [6, 6.07) is 5.26. The van der Waals surface area contributed by atoms with E-state index >= 15 is 0 Å². The van der Waals surface area contributed by atoms with E-state index in [4.69, 9.17) is 4.74 Å². The lowest BCUT2D eigenvalue weighted by atomic mass is 10.0. The van der Waals surface area contributed by atoms with Gasteiger partial charge < -0.3 is 4.74 Å². The smallest absolute Gasteiger partial charge is 0.414 e. The molecule has 1 aliphatic rings. The third-order valence-electron chi connectivity index (χ3n) is 2.84. The van der Waals surface area contributed by atoms with Crippen LogP contribution in [-0.4, -0.2) is 18.2 Å². The van der Waals surface area contributed by atoms with Gasteiger partial charge in [-0.2, -0.15) is 0 Å². The Morgan fingerprint density at radius 2 is 2.16 bits per heavy atom. The Morgan fingerprint density at radius 1 is 1.47 bits per heavy atom. The molecule has 3 nitrogen and oxygen atoms in total. The van der Waals surface area contributed by atoms with Crippen molar-refractivity contribution in [1.29, 1.82) is 0 Å². The normalized spacial score (nSPS) is 19.0. The lowest BCUT2D eigenvalue weighted by Gasteiger charge is -2.33. The summed E-state index contributed by atoms with van der Waals surface area (Å²) in [6.07, 6.45) is -1.17. The van der Waals surface area contributed by atoms with Gasteiger partial charge in [-0.25, -0.2) is 9.18 Å². The van der Waals surface area contributed by atoms with Crippen LogP contribution in [0.25, 0.3) is 0 Å². The van der Waals surface area contributed by atoms with E-state index in [1.807, 2.05) is 20.8 Å². The van der Waals surface area contributed by atoms with Crippen LogP contribution in [0.2, 0.25) is 0 Å². The summed E-state index contributed by atoms with van der Waals surface area (Å²) in [5, 5.41) is 0. The van der Waals surface area contributed by atoms with Crippen LogP contribution >= 0.6 is 15.9 Å². The molecule has 0 saturated carbocycles. The Morgan fingerprint density at radius 3 is 2.79 bits per heavy atom. The van der Waals surface area contributed by atoms with Crippen molar-refractivity contribution in [3.63, 3.8) is 0 Å². The van der Waals surface area contributed by atoms with Gasteiger partial charge in [-0.15, -0.1) is 0 Å². The van der Waals surface area contributed by atoms with E-state index in [2.05, 4.69) is 15.9 Å². The standard InChI is InChI=1S/C14H17BrFNO2/c1-14(2,3)19-13(18)17-7-6-11(16)10-8-9(15)4-5-12(10)17/h4-5,8,11H,6-7H2,1-3H3. The third kappa shape index (κ3) is 3.26. The number of halogens is 2. The molecule has 19 heavy (non-hydrogen) atoms. The molecule has 1 amide bonds. The number of hydrogen-bond acceptors (Lipinski definition) is 2. The first kappa shape index (κ1) is 14.3. The van der Waals surface area contributed by atoms with Crippen molar-refractivity contribution < 1.29 is 13.9 Å². The minimum absolute atomic E-state index is 0.294. The Kier molecular flexibility index (Phi) is 3.85. The quantitative estimate of drug-likeness (QED) is 0.695. The Bertz CT molecular complexity index is 499. The van der Waals surface area contributed by atoms with E-state index in [-0.39, 0.29) is 0 Å². The molecular formula is C14H17BrFNO2. The van der Waals surface area contributed by atoms with Crippen LogP contribution in [0, 0.1) is 0 Å². The van der Waals surface area contributed by atoms with Crippen molar-refractivity contribution in [3.05, 3.63) is 28.2 Å². The van der Waals surface area contributed by atoms with Crippen LogP contribution in [0.1, 0.15) is 38.9 Å². The van der Waals surface area contributed by atoms with Gasteiger partial charge in [0.2, 0.25) is 0 Å². The molecule has 104 valence electrons. The van der Waals surface area contributed by atoms with Gasteiger partial charge >= 0.3 is 6.09 Å². The van der Waals surface area contributed by atoms with E-state index in [1.54, 1.807) is 18.2 Å². The van der Waals surface area contributed by atoms with Crippen molar-refractivity contribution >= 4 is 27.7 Å². The molecule has 1 aromatic carbocycles. The fraction of sp³-hybridized carbons (Fsp3) is 0.500. The maximum absolute atomic E-state index is 13.9. The highest BCUT2D eigenvalue weighted by Gasteiger charge is 2.31. The second kappa shape index (κ2) is 5.12. The van der Waals surface area contributed by atoms with Gasteiger partial charge in [-0.3, -0.25) is 4.90 Å². The number of nitrogens with zero attached hydrogens (tertiary/aromatic N) is 1. The average molecular weight is 330 g/mol. The van der Waals surface area contributed by atoms with Gasteiger partial charge in [0.05, 0.1) is 5.69 Å². The van der Waals surface area contributed by atoms with Crippen LogP contribution < -0.4 is 4.90 Å². The van der Waals surface area contributed by atoms with Gasteiger partial charge in [0.1, 0.15) is 11.8 Å². The molecule has 1 atom stereocenters. The molecular weight excluding hydrogens is 313 g/mol. The van der Waals surface area contributed by atoms with Crippen LogP contribution in [0.4, 0.5) is 14.9 Å². The number of carbonyl (C=O) groups is 1. The average Bonchev–Trinajstić information content (AvgIpc) is 2.27. The maximum Gasteiger partial charge on any atom is 0.414 e. The highest BCUT2D eigenvalue weighted by molar-refractivity contribution is 9.10. The topological polar surface area (TPSA) is 29.5 Å². The molecule has 0 N–H and O–H groups in total. The summed E-state index contributed by atoms with van der Waals surface area (Å²) >= 11 is 3.32. The molecule has 0 fully saturated rings. The van der Waals surface area contributed by atoms with Crippen LogP contribution in [0.5, 0.6) is 0 Å². The minimum atomic E-state index is -1.04. The second-order valence-electron chi connectivity index (χ2n) is 5.59. The molecule has 0 radical (unpaired) electrons. The molecule has 5 heteroatoms. The fourth-order valence-corrected chi connectivity index (χ4v) is 2.43. The zero-order valence-corrected chi connectivity index (χ0v) is 12.8.